The third kappa shape index (κ3) is 2.47. The number of rotatable bonds is 3. The Morgan fingerprint density at radius 3 is 2.68 bits per heavy atom. The van der Waals surface area contributed by atoms with Gasteiger partial charge in [-0.05, 0) is 64.3 Å². The summed E-state index contributed by atoms with van der Waals surface area (Å²) in [5, 5.41) is 5.48. The fraction of sp³-hybridized carbons (Fsp3) is 0.154. The Balaban J connectivity index is 2.07. The molecule has 0 aliphatic rings. The van der Waals surface area contributed by atoms with Crippen LogP contribution in [-0.2, 0) is 0 Å². The van der Waals surface area contributed by atoms with E-state index in [1.54, 1.807) is 11.3 Å². The molecular weight excluding hydrogens is 373 g/mol. The number of hydrogen-bond acceptors (Lipinski definition) is 3. The Hall–Kier alpha value is -1.12. The largest absolute Gasteiger partial charge is 0.323 e. The maximum atomic E-state index is 11.3. The number of thiophene rings is 1. The summed E-state index contributed by atoms with van der Waals surface area (Å²) >= 11 is 4.06. The van der Waals surface area contributed by atoms with Crippen molar-refractivity contribution in [3.8, 4) is 0 Å². The Morgan fingerprint density at radius 2 is 2.00 bits per heavy atom. The quantitative estimate of drug-likeness (QED) is 0.608. The Kier molecular flexibility index (Phi) is 3.46. The van der Waals surface area contributed by atoms with Gasteiger partial charge in [0.1, 0.15) is 0 Å². The molecule has 0 spiro atoms. The minimum absolute atomic E-state index is 0.141. The van der Waals surface area contributed by atoms with Crippen molar-refractivity contribution in [2.24, 2.45) is 0 Å². The molecule has 1 aromatic carbocycles. The number of fused-ring (bicyclic) bond motifs is 1. The van der Waals surface area contributed by atoms with Crippen LogP contribution in [0.3, 0.4) is 0 Å². The van der Waals surface area contributed by atoms with E-state index in [-0.39, 0.29) is 11.7 Å². The summed E-state index contributed by atoms with van der Waals surface area (Å²) in [5.74, 6) is 0. The summed E-state index contributed by atoms with van der Waals surface area (Å²) in [5.41, 5.74) is 3.89. The number of imidazole rings is 1. The lowest BCUT2D eigenvalue weighted by atomic mass is 10.0. The first-order valence-electron chi connectivity index (χ1n) is 5.80. The van der Waals surface area contributed by atoms with Gasteiger partial charge in [-0.1, -0.05) is 6.07 Å². The smallest absolute Gasteiger partial charge is 0.309 e. The van der Waals surface area contributed by atoms with E-state index < -0.39 is 0 Å². The lowest BCUT2D eigenvalue weighted by Crippen LogP contribution is -2.16. The van der Waals surface area contributed by atoms with Gasteiger partial charge < -0.3 is 15.3 Å². The number of aromatic nitrogens is 2. The molecule has 0 radical (unpaired) electrons. The standard InChI is InChI=1S/C13H12IN3OS/c1-15-12(8-5-11(14)19-6-8)7-2-3-9-10(4-7)17-13(18)16-9/h2-6,12,15H,1H3,(H2,16,17,18). The molecule has 0 aliphatic carbocycles. The summed E-state index contributed by atoms with van der Waals surface area (Å²) in [6.07, 6.45) is 0. The van der Waals surface area contributed by atoms with Crippen molar-refractivity contribution in [1.82, 2.24) is 15.3 Å². The molecule has 1 unspecified atom stereocenters. The second-order valence-electron chi connectivity index (χ2n) is 4.29. The van der Waals surface area contributed by atoms with Gasteiger partial charge in [-0.15, -0.1) is 11.3 Å². The third-order valence-corrected chi connectivity index (χ3v) is 4.89. The number of aromatic amines is 2. The summed E-state index contributed by atoms with van der Waals surface area (Å²) in [7, 11) is 1.94. The van der Waals surface area contributed by atoms with Crippen LogP contribution in [0, 0.1) is 2.88 Å². The van der Waals surface area contributed by atoms with Crippen LogP contribution in [0.1, 0.15) is 17.2 Å². The highest BCUT2D eigenvalue weighted by molar-refractivity contribution is 14.1. The zero-order valence-electron chi connectivity index (χ0n) is 10.2. The minimum atomic E-state index is -0.168. The monoisotopic (exact) mass is 385 g/mol. The molecule has 3 rings (SSSR count). The van der Waals surface area contributed by atoms with Crippen molar-refractivity contribution >= 4 is 45.0 Å². The molecular formula is C13H12IN3OS. The second-order valence-corrected chi connectivity index (χ2v) is 7.10. The van der Waals surface area contributed by atoms with Crippen molar-refractivity contribution < 1.29 is 0 Å². The maximum absolute atomic E-state index is 11.3. The van der Waals surface area contributed by atoms with Crippen molar-refractivity contribution in [1.29, 1.82) is 0 Å². The normalized spacial score (nSPS) is 12.9. The Labute approximate surface area is 127 Å². The van der Waals surface area contributed by atoms with Crippen LogP contribution in [0.4, 0.5) is 0 Å². The van der Waals surface area contributed by atoms with Crippen molar-refractivity contribution in [3.63, 3.8) is 0 Å². The Morgan fingerprint density at radius 1 is 1.21 bits per heavy atom. The van der Waals surface area contributed by atoms with E-state index in [1.165, 1.54) is 8.45 Å². The summed E-state index contributed by atoms with van der Waals surface area (Å²) in [4.78, 5) is 16.8. The van der Waals surface area contributed by atoms with Gasteiger partial charge in [0, 0.05) is 0 Å². The molecule has 3 aromatic rings. The van der Waals surface area contributed by atoms with Gasteiger partial charge >= 0.3 is 5.69 Å². The van der Waals surface area contributed by atoms with Crippen LogP contribution in [-0.4, -0.2) is 17.0 Å². The van der Waals surface area contributed by atoms with E-state index in [1.807, 2.05) is 25.2 Å². The van der Waals surface area contributed by atoms with Gasteiger partial charge in [0.15, 0.2) is 0 Å². The number of nitrogens with one attached hydrogen (secondary N) is 3. The highest BCUT2D eigenvalue weighted by atomic mass is 127. The number of hydrogen-bond donors (Lipinski definition) is 3. The molecule has 0 aliphatic heterocycles. The van der Waals surface area contributed by atoms with Crippen LogP contribution in [0.15, 0.2) is 34.4 Å². The molecule has 0 fully saturated rings. The molecule has 98 valence electrons. The fourth-order valence-electron chi connectivity index (χ4n) is 2.23. The van der Waals surface area contributed by atoms with E-state index in [2.05, 4.69) is 49.3 Å². The second kappa shape index (κ2) is 5.10. The number of benzene rings is 1. The van der Waals surface area contributed by atoms with E-state index in [9.17, 15) is 4.79 Å². The van der Waals surface area contributed by atoms with E-state index in [0.29, 0.717) is 0 Å². The van der Waals surface area contributed by atoms with Crippen LogP contribution < -0.4 is 11.0 Å². The molecule has 0 saturated carbocycles. The lowest BCUT2D eigenvalue weighted by molar-refractivity contribution is 0.695. The van der Waals surface area contributed by atoms with Crippen molar-refractivity contribution in [3.05, 3.63) is 54.1 Å². The summed E-state index contributed by atoms with van der Waals surface area (Å²) in [6.45, 7) is 0. The van der Waals surface area contributed by atoms with Crippen molar-refractivity contribution in [2.45, 2.75) is 6.04 Å². The van der Waals surface area contributed by atoms with Crippen molar-refractivity contribution in [2.75, 3.05) is 7.05 Å². The average Bonchev–Trinajstić information content (AvgIpc) is 2.95. The number of halogens is 1. The fourth-order valence-corrected chi connectivity index (χ4v) is 3.63. The molecule has 2 heterocycles. The van der Waals surface area contributed by atoms with Gasteiger partial charge in [0.05, 0.1) is 20.0 Å². The molecule has 0 amide bonds. The van der Waals surface area contributed by atoms with E-state index in [0.717, 1.165) is 16.6 Å². The predicted molar refractivity (Wildman–Crippen MR) is 86.9 cm³/mol. The van der Waals surface area contributed by atoms with Crippen LogP contribution in [0.2, 0.25) is 0 Å². The maximum Gasteiger partial charge on any atom is 0.323 e. The lowest BCUT2D eigenvalue weighted by Gasteiger charge is -2.15. The van der Waals surface area contributed by atoms with Crippen LogP contribution >= 0.6 is 33.9 Å². The summed E-state index contributed by atoms with van der Waals surface area (Å²) in [6, 6.07) is 8.31. The van der Waals surface area contributed by atoms with Gasteiger partial charge in [-0.2, -0.15) is 0 Å². The predicted octanol–water partition coefficient (Wildman–Crippen LogP) is 2.83. The first-order valence-corrected chi connectivity index (χ1v) is 7.76. The van der Waals surface area contributed by atoms with Gasteiger partial charge in [0.25, 0.3) is 0 Å². The van der Waals surface area contributed by atoms with Gasteiger partial charge in [-0.3, -0.25) is 0 Å². The minimum Gasteiger partial charge on any atom is -0.309 e. The molecule has 6 heteroatoms. The van der Waals surface area contributed by atoms with Crippen LogP contribution in [0.5, 0.6) is 0 Å². The average molecular weight is 385 g/mol. The Bertz CT molecular complexity index is 773. The van der Waals surface area contributed by atoms with Crippen LogP contribution in [0.25, 0.3) is 11.0 Å². The zero-order valence-corrected chi connectivity index (χ0v) is 13.1. The molecule has 2 aromatic heterocycles. The highest BCUT2D eigenvalue weighted by Gasteiger charge is 2.14. The number of H-pyrrole nitrogens is 2. The molecule has 19 heavy (non-hydrogen) atoms. The zero-order chi connectivity index (χ0) is 13.4. The highest BCUT2D eigenvalue weighted by Crippen LogP contribution is 2.28. The first-order chi connectivity index (χ1) is 9.17. The first kappa shape index (κ1) is 12.9. The third-order valence-electron chi connectivity index (χ3n) is 3.08. The SMILES string of the molecule is CNC(c1csc(I)c1)c1ccc2[nH]c(=O)[nH]c2c1. The molecule has 3 N–H and O–H groups in total. The van der Waals surface area contributed by atoms with Gasteiger partial charge in [0.2, 0.25) is 0 Å². The molecule has 4 nitrogen and oxygen atoms in total. The topological polar surface area (TPSA) is 60.7 Å². The van der Waals surface area contributed by atoms with E-state index >= 15 is 0 Å². The summed E-state index contributed by atoms with van der Waals surface area (Å²) < 4.78 is 1.27. The van der Waals surface area contributed by atoms with Gasteiger partial charge in [-0.25, -0.2) is 4.79 Å². The van der Waals surface area contributed by atoms with E-state index in [4.69, 9.17) is 0 Å². The molecule has 0 saturated heterocycles. The molecule has 1 atom stereocenters. The molecule has 0 bridgehead atoms.